The summed E-state index contributed by atoms with van der Waals surface area (Å²) in [5.41, 5.74) is 1.32. The number of pyridine rings is 2. The molecule has 27 heavy (non-hydrogen) atoms. The highest BCUT2D eigenvalue weighted by molar-refractivity contribution is 7.79. The van der Waals surface area contributed by atoms with E-state index in [9.17, 15) is 10.2 Å². The fourth-order valence-corrected chi connectivity index (χ4v) is 2.18. The molecule has 140 valence electrons. The topological polar surface area (TPSA) is 141 Å². The standard InChI is InChI=1S/2C9H7NO.H2O4S/c2*11-8-5-1-3-7-4-2-6-10-9(7)8;1-5(2,3)4/h2*1-6,11H;(H2,1,2,3,4). The van der Waals surface area contributed by atoms with Gasteiger partial charge in [0, 0.05) is 23.2 Å². The van der Waals surface area contributed by atoms with Gasteiger partial charge >= 0.3 is 10.4 Å². The molecule has 0 unspecified atom stereocenters. The summed E-state index contributed by atoms with van der Waals surface area (Å²) in [6, 6.07) is 18.3. The van der Waals surface area contributed by atoms with E-state index in [-0.39, 0.29) is 11.5 Å². The van der Waals surface area contributed by atoms with Crippen molar-refractivity contribution in [3.8, 4) is 11.5 Å². The number of rotatable bonds is 0. The van der Waals surface area contributed by atoms with Gasteiger partial charge in [-0.3, -0.25) is 19.1 Å². The maximum Gasteiger partial charge on any atom is 0.394 e. The molecule has 0 aliphatic heterocycles. The Bertz CT molecular complexity index is 1050. The lowest BCUT2D eigenvalue weighted by atomic mass is 10.2. The number of aromatic nitrogens is 2. The molecule has 0 radical (unpaired) electrons. The van der Waals surface area contributed by atoms with Gasteiger partial charge in [0.05, 0.1) is 0 Å². The summed E-state index contributed by atoms with van der Waals surface area (Å²) in [5, 5.41) is 20.5. The second kappa shape index (κ2) is 8.90. The Balaban J connectivity index is 0.000000157. The minimum atomic E-state index is -4.67. The number of aromatic hydroxyl groups is 2. The van der Waals surface area contributed by atoms with Crippen LogP contribution in [0.4, 0.5) is 0 Å². The van der Waals surface area contributed by atoms with E-state index in [1.165, 1.54) is 0 Å². The molecule has 8 nitrogen and oxygen atoms in total. The minimum absolute atomic E-state index is 0.239. The van der Waals surface area contributed by atoms with E-state index in [1.807, 2.05) is 36.4 Å². The third-order valence-corrected chi connectivity index (χ3v) is 3.22. The lowest BCUT2D eigenvalue weighted by molar-refractivity contribution is 0.381. The molecule has 0 saturated carbocycles. The normalized spacial score (nSPS) is 10.4. The zero-order valence-electron chi connectivity index (χ0n) is 13.8. The van der Waals surface area contributed by atoms with E-state index in [2.05, 4.69) is 9.97 Å². The van der Waals surface area contributed by atoms with Crippen LogP contribution >= 0.6 is 0 Å². The van der Waals surface area contributed by atoms with Crippen LogP contribution in [0.3, 0.4) is 0 Å². The quantitative estimate of drug-likeness (QED) is 0.337. The maximum atomic E-state index is 9.31. The number of benzene rings is 2. The highest BCUT2D eigenvalue weighted by Crippen LogP contribution is 2.21. The molecule has 0 spiro atoms. The highest BCUT2D eigenvalue weighted by atomic mass is 32.3. The molecule has 0 fully saturated rings. The first-order chi connectivity index (χ1) is 12.8. The molecule has 9 heteroatoms. The van der Waals surface area contributed by atoms with Gasteiger partial charge in [-0.2, -0.15) is 8.42 Å². The Hall–Kier alpha value is -3.27. The van der Waals surface area contributed by atoms with Crippen molar-refractivity contribution in [3.05, 3.63) is 73.1 Å². The van der Waals surface area contributed by atoms with Crippen LogP contribution in [-0.4, -0.2) is 37.7 Å². The van der Waals surface area contributed by atoms with Gasteiger partial charge in [0.25, 0.3) is 0 Å². The molecule has 0 atom stereocenters. The zero-order chi connectivity index (χ0) is 19.9. The van der Waals surface area contributed by atoms with E-state index in [1.54, 1.807) is 36.7 Å². The molecule has 2 heterocycles. The molecule has 4 aromatic rings. The van der Waals surface area contributed by atoms with Gasteiger partial charge in [-0.15, -0.1) is 0 Å². The number of fused-ring (bicyclic) bond motifs is 2. The van der Waals surface area contributed by atoms with Gasteiger partial charge < -0.3 is 10.2 Å². The fraction of sp³-hybridized carbons (Fsp3) is 0. The predicted molar refractivity (Wildman–Crippen MR) is 101 cm³/mol. The second-order valence-electron chi connectivity index (χ2n) is 5.15. The number of hydrogen-bond donors (Lipinski definition) is 4. The van der Waals surface area contributed by atoms with Crippen LogP contribution in [0.15, 0.2) is 73.1 Å². The third kappa shape index (κ3) is 6.51. The molecular weight excluding hydrogens is 372 g/mol. The molecule has 0 bridgehead atoms. The van der Waals surface area contributed by atoms with Gasteiger partial charge in [-0.25, -0.2) is 0 Å². The summed E-state index contributed by atoms with van der Waals surface area (Å²) >= 11 is 0. The molecule has 0 aliphatic carbocycles. The zero-order valence-corrected chi connectivity index (χ0v) is 14.7. The van der Waals surface area contributed by atoms with E-state index < -0.39 is 10.4 Å². The van der Waals surface area contributed by atoms with Crippen LogP contribution in [0.5, 0.6) is 11.5 Å². The van der Waals surface area contributed by atoms with Crippen molar-refractivity contribution in [2.75, 3.05) is 0 Å². The molecule has 0 aliphatic rings. The first-order valence-corrected chi connectivity index (χ1v) is 8.90. The first kappa shape index (κ1) is 20.0. The number of phenols is 2. The first-order valence-electron chi connectivity index (χ1n) is 7.51. The number of nitrogens with zero attached hydrogens (tertiary/aromatic N) is 2. The second-order valence-corrected chi connectivity index (χ2v) is 6.05. The van der Waals surface area contributed by atoms with Crippen molar-refractivity contribution >= 4 is 32.2 Å². The van der Waals surface area contributed by atoms with Crippen LogP contribution in [0.1, 0.15) is 0 Å². The van der Waals surface area contributed by atoms with Gasteiger partial charge in [0.15, 0.2) is 0 Å². The lowest BCUT2D eigenvalue weighted by Gasteiger charge is -1.96. The Morgan fingerprint density at radius 3 is 1.30 bits per heavy atom. The van der Waals surface area contributed by atoms with Gasteiger partial charge in [0.1, 0.15) is 22.5 Å². The monoisotopic (exact) mass is 388 g/mol. The third-order valence-electron chi connectivity index (χ3n) is 3.22. The van der Waals surface area contributed by atoms with E-state index in [4.69, 9.17) is 17.5 Å². The van der Waals surface area contributed by atoms with Gasteiger partial charge in [0.2, 0.25) is 0 Å². The molecule has 0 saturated heterocycles. The molecule has 2 aromatic heterocycles. The molecule has 2 aromatic carbocycles. The van der Waals surface area contributed by atoms with E-state index in [0.717, 1.165) is 10.8 Å². The van der Waals surface area contributed by atoms with Crippen molar-refractivity contribution < 1.29 is 27.7 Å². The summed E-state index contributed by atoms with van der Waals surface area (Å²) < 4.78 is 31.6. The summed E-state index contributed by atoms with van der Waals surface area (Å²) in [5.74, 6) is 0.478. The Labute approximate surface area is 155 Å². The van der Waals surface area contributed by atoms with Crippen LogP contribution in [0.2, 0.25) is 0 Å². The smallest absolute Gasteiger partial charge is 0.394 e. The average molecular weight is 388 g/mol. The molecular formula is C18H16N2O6S. The summed E-state index contributed by atoms with van der Waals surface area (Å²) in [7, 11) is -4.67. The van der Waals surface area contributed by atoms with Crippen molar-refractivity contribution in [2.24, 2.45) is 0 Å². The van der Waals surface area contributed by atoms with Crippen molar-refractivity contribution in [2.45, 2.75) is 0 Å². The molecule has 4 rings (SSSR count). The number of para-hydroxylation sites is 2. The Kier molecular flexibility index (Phi) is 6.61. The Morgan fingerprint density at radius 1 is 0.630 bits per heavy atom. The lowest BCUT2D eigenvalue weighted by Crippen LogP contribution is -1.89. The highest BCUT2D eigenvalue weighted by Gasteiger charge is 1.97. The largest absolute Gasteiger partial charge is 0.506 e. The summed E-state index contributed by atoms with van der Waals surface area (Å²) in [4.78, 5) is 8.06. The Morgan fingerprint density at radius 2 is 0.963 bits per heavy atom. The molecule has 4 N–H and O–H groups in total. The predicted octanol–water partition coefficient (Wildman–Crippen LogP) is 3.23. The summed E-state index contributed by atoms with van der Waals surface area (Å²) in [6.07, 6.45) is 3.34. The van der Waals surface area contributed by atoms with Crippen LogP contribution in [0, 0.1) is 0 Å². The number of hydrogen-bond acceptors (Lipinski definition) is 6. The number of phenolic OH excluding ortho intramolecular Hbond substituents is 2. The fourth-order valence-electron chi connectivity index (χ4n) is 2.18. The van der Waals surface area contributed by atoms with E-state index in [0.29, 0.717) is 11.0 Å². The molecule has 0 amide bonds. The van der Waals surface area contributed by atoms with Crippen LogP contribution in [0.25, 0.3) is 21.8 Å². The average Bonchev–Trinajstić information content (AvgIpc) is 2.62. The van der Waals surface area contributed by atoms with Crippen LogP contribution in [-0.2, 0) is 10.4 Å². The van der Waals surface area contributed by atoms with Crippen molar-refractivity contribution in [3.63, 3.8) is 0 Å². The van der Waals surface area contributed by atoms with Gasteiger partial charge in [-0.1, -0.05) is 36.4 Å². The van der Waals surface area contributed by atoms with Crippen LogP contribution < -0.4 is 0 Å². The SMILES string of the molecule is O=S(=O)(O)O.Oc1cccc2cccnc12.Oc1cccc2cccnc12. The summed E-state index contributed by atoms with van der Waals surface area (Å²) in [6.45, 7) is 0. The van der Waals surface area contributed by atoms with Gasteiger partial charge in [-0.05, 0) is 24.3 Å². The van der Waals surface area contributed by atoms with Crippen molar-refractivity contribution in [1.29, 1.82) is 0 Å². The maximum absolute atomic E-state index is 9.31. The minimum Gasteiger partial charge on any atom is -0.506 e. The van der Waals surface area contributed by atoms with Crippen molar-refractivity contribution in [1.82, 2.24) is 9.97 Å². The van der Waals surface area contributed by atoms with E-state index >= 15 is 0 Å².